The summed E-state index contributed by atoms with van der Waals surface area (Å²) in [6.45, 7) is 2.41. The summed E-state index contributed by atoms with van der Waals surface area (Å²) in [7, 11) is 0. The number of carbonyl (C=O) groups excluding carboxylic acids is 1. The van der Waals surface area contributed by atoms with E-state index in [1.807, 2.05) is 13.0 Å². The van der Waals surface area contributed by atoms with Crippen LogP contribution in [0.3, 0.4) is 0 Å². The monoisotopic (exact) mass is 227 g/mol. The molecule has 1 aromatic carbocycles. The van der Waals surface area contributed by atoms with Crippen LogP contribution >= 0.6 is 11.6 Å². The fourth-order valence-corrected chi connectivity index (χ4v) is 1.26. The third-order valence-corrected chi connectivity index (χ3v) is 2.39. The normalized spacial score (nSPS) is 10.0. The first-order valence-electron chi connectivity index (χ1n) is 4.77. The zero-order valence-electron chi connectivity index (χ0n) is 8.63. The highest BCUT2D eigenvalue weighted by Crippen LogP contribution is 2.21. The highest BCUT2D eigenvalue weighted by Gasteiger charge is 1.99. The molecule has 4 heteroatoms. The molecule has 0 saturated carbocycles. The van der Waals surface area contributed by atoms with Gasteiger partial charge in [-0.1, -0.05) is 11.6 Å². The van der Waals surface area contributed by atoms with Crippen molar-refractivity contribution in [3.63, 3.8) is 0 Å². The first-order chi connectivity index (χ1) is 7.09. The Balaban J connectivity index is 2.38. The molecule has 0 aromatic heterocycles. The number of primary amides is 1. The maximum absolute atomic E-state index is 10.5. The van der Waals surface area contributed by atoms with Crippen LogP contribution in [0.1, 0.15) is 18.4 Å². The Bertz CT molecular complexity index is 352. The number of rotatable bonds is 5. The maximum atomic E-state index is 10.5. The Morgan fingerprint density at radius 2 is 2.27 bits per heavy atom. The number of hydrogen-bond donors (Lipinski definition) is 1. The van der Waals surface area contributed by atoms with E-state index < -0.39 is 0 Å². The Hall–Kier alpha value is -1.22. The van der Waals surface area contributed by atoms with Gasteiger partial charge < -0.3 is 10.5 Å². The molecular weight excluding hydrogens is 214 g/mol. The van der Waals surface area contributed by atoms with Gasteiger partial charge in [-0.25, -0.2) is 0 Å². The summed E-state index contributed by atoms with van der Waals surface area (Å²) < 4.78 is 5.43. The summed E-state index contributed by atoms with van der Waals surface area (Å²) in [6.07, 6.45) is 0.990. The van der Waals surface area contributed by atoms with Crippen LogP contribution in [-0.4, -0.2) is 12.5 Å². The molecule has 0 aliphatic rings. The van der Waals surface area contributed by atoms with Crippen molar-refractivity contribution in [2.45, 2.75) is 19.8 Å². The predicted octanol–water partition coefficient (Wildman–Crippen LogP) is 2.29. The van der Waals surface area contributed by atoms with E-state index in [-0.39, 0.29) is 5.91 Å². The van der Waals surface area contributed by atoms with Crippen LogP contribution in [0.2, 0.25) is 5.02 Å². The fraction of sp³-hybridized carbons (Fsp3) is 0.364. The lowest BCUT2D eigenvalue weighted by Crippen LogP contribution is -2.11. The lowest BCUT2D eigenvalue weighted by Gasteiger charge is -2.06. The molecule has 2 N–H and O–H groups in total. The van der Waals surface area contributed by atoms with Crippen molar-refractivity contribution >= 4 is 17.5 Å². The average Bonchev–Trinajstić information content (AvgIpc) is 2.18. The van der Waals surface area contributed by atoms with E-state index in [1.54, 1.807) is 12.1 Å². The molecule has 3 nitrogen and oxygen atoms in total. The van der Waals surface area contributed by atoms with Gasteiger partial charge in [-0.3, -0.25) is 4.79 Å². The number of carbonyl (C=O) groups is 1. The molecule has 0 radical (unpaired) electrons. The number of benzene rings is 1. The zero-order valence-corrected chi connectivity index (χ0v) is 9.38. The van der Waals surface area contributed by atoms with Gasteiger partial charge in [0.2, 0.25) is 5.91 Å². The molecule has 0 bridgehead atoms. The molecule has 82 valence electrons. The second-order valence-electron chi connectivity index (χ2n) is 3.33. The van der Waals surface area contributed by atoms with Crippen LogP contribution in [0.5, 0.6) is 5.75 Å². The van der Waals surface area contributed by atoms with Gasteiger partial charge in [0, 0.05) is 11.4 Å². The van der Waals surface area contributed by atoms with Crippen LogP contribution in [0.15, 0.2) is 18.2 Å². The predicted molar refractivity (Wildman–Crippen MR) is 60.1 cm³/mol. The molecule has 15 heavy (non-hydrogen) atoms. The van der Waals surface area contributed by atoms with Crippen LogP contribution in [0.25, 0.3) is 0 Å². The molecule has 0 fully saturated rings. The first-order valence-corrected chi connectivity index (χ1v) is 5.14. The van der Waals surface area contributed by atoms with Gasteiger partial charge in [-0.2, -0.15) is 0 Å². The van der Waals surface area contributed by atoms with Gasteiger partial charge in [0.1, 0.15) is 5.75 Å². The average molecular weight is 228 g/mol. The summed E-state index contributed by atoms with van der Waals surface area (Å²) in [5, 5.41) is 0.722. The zero-order chi connectivity index (χ0) is 11.3. The molecular formula is C11H14ClNO2. The van der Waals surface area contributed by atoms with E-state index in [0.717, 1.165) is 16.3 Å². The molecule has 0 saturated heterocycles. The Morgan fingerprint density at radius 3 is 2.87 bits per heavy atom. The van der Waals surface area contributed by atoms with Crippen molar-refractivity contribution < 1.29 is 9.53 Å². The quantitative estimate of drug-likeness (QED) is 0.785. The molecule has 0 atom stereocenters. The fourth-order valence-electron chi connectivity index (χ4n) is 1.14. The largest absolute Gasteiger partial charge is 0.494 e. The minimum absolute atomic E-state index is 0.300. The summed E-state index contributed by atoms with van der Waals surface area (Å²) in [4.78, 5) is 10.5. The molecule has 0 unspecified atom stereocenters. The van der Waals surface area contributed by atoms with Gasteiger partial charge in [-0.15, -0.1) is 0 Å². The number of hydrogen-bond acceptors (Lipinski definition) is 2. The number of ether oxygens (including phenoxy) is 1. The maximum Gasteiger partial charge on any atom is 0.217 e. The van der Waals surface area contributed by atoms with E-state index in [2.05, 4.69) is 0 Å². The summed E-state index contributed by atoms with van der Waals surface area (Å²) in [6, 6.07) is 5.46. The Labute approximate surface area is 94.2 Å². The minimum atomic E-state index is -0.300. The summed E-state index contributed by atoms with van der Waals surface area (Å²) >= 11 is 5.87. The minimum Gasteiger partial charge on any atom is -0.494 e. The van der Waals surface area contributed by atoms with Crippen molar-refractivity contribution in [3.05, 3.63) is 28.8 Å². The van der Waals surface area contributed by atoms with E-state index in [9.17, 15) is 4.79 Å². The van der Waals surface area contributed by atoms with Gasteiger partial charge in [0.05, 0.1) is 6.61 Å². The number of aryl methyl sites for hydroxylation is 1. The summed E-state index contributed by atoms with van der Waals surface area (Å²) in [5.74, 6) is 0.465. The van der Waals surface area contributed by atoms with Crippen LogP contribution < -0.4 is 10.5 Å². The highest BCUT2D eigenvalue weighted by atomic mass is 35.5. The molecule has 0 aliphatic carbocycles. The third kappa shape index (κ3) is 4.21. The van der Waals surface area contributed by atoms with E-state index in [1.165, 1.54) is 0 Å². The van der Waals surface area contributed by atoms with E-state index in [0.29, 0.717) is 19.4 Å². The van der Waals surface area contributed by atoms with Crippen LogP contribution in [0.4, 0.5) is 0 Å². The van der Waals surface area contributed by atoms with Crippen molar-refractivity contribution in [1.29, 1.82) is 0 Å². The van der Waals surface area contributed by atoms with Crippen LogP contribution in [0, 0.1) is 6.92 Å². The topological polar surface area (TPSA) is 52.3 Å². The smallest absolute Gasteiger partial charge is 0.217 e. The van der Waals surface area contributed by atoms with Crippen molar-refractivity contribution in [1.82, 2.24) is 0 Å². The standard InChI is InChI=1S/C11H14ClNO2/c1-8-7-9(4-5-10(8)12)15-6-2-3-11(13)14/h4-5,7H,2-3,6H2,1H3,(H2,13,14). The van der Waals surface area contributed by atoms with Crippen LogP contribution in [-0.2, 0) is 4.79 Å². The lowest BCUT2D eigenvalue weighted by atomic mass is 10.2. The van der Waals surface area contributed by atoms with Gasteiger partial charge in [0.25, 0.3) is 0 Å². The summed E-state index contributed by atoms with van der Waals surface area (Å²) in [5.41, 5.74) is 5.98. The molecule has 1 aromatic rings. The van der Waals surface area contributed by atoms with E-state index in [4.69, 9.17) is 22.1 Å². The SMILES string of the molecule is Cc1cc(OCCCC(N)=O)ccc1Cl. The molecule has 1 amide bonds. The van der Waals surface area contributed by atoms with E-state index >= 15 is 0 Å². The Morgan fingerprint density at radius 1 is 1.53 bits per heavy atom. The number of amides is 1. The van der Waals surface area contributed by atoms with Crippen molar-refractivity contribution in [2.24, 2.45) is 5.73 Å². The van der Waals surface area contributed by atoms with Gasteiger partial charge >= 0.3 is 0 Å². The lowest BCUT2D eigenvalue weighted by molar-refractivity contribution is -0.118. The van der Waals surface area contributed by atoms with Crippen molar-refractivity contribution in [3.8, 4) is 5.75 Å². The third-order valence-electron chi connectivity index (χ3n) is 1.97. The molecule has 0 heterocycles. The first kappa shape index (κ1) is 11.9. The molecule has 0 aliphatic heterocycles. The second kappa shape index (κ2) is 5.61. The number of nitrogens with two attached hydrogens (primary N) is 1. The van der Waals surface area contributed by atoms with Crippen molar-refractivity contribution in [2.75, 3.05) is 6.61 Å². The molecule has 0 spiro atoms. The van der Waals surface area contributed by atoms with Gasteiger partial charge in [0.15, 0.2) is 0 Å². The highest BCUT2D eigenvalue weighted by molar-refractivity contribution is 6.31. The Kier molecular flexibility index (Phi) is 4.43. The number of halogens is 1. The van der Waals surface area contributed by atoms with Gasteiger partial charge in [-0.05, 0) is 37.1 Å². The molecule has 1 rings (SSSR count). The second-order valence-corrected chi connectivity index (χ2v) is 3.74.